The van der Waals surface area contributed by atoms with Gasteiger partial charge < -0.3 is 0 Å². The van der Waals surface area contributed by atoms with Crippen molar-refractivity contribution in [1.29, 1.82) is 0 Å². The van der Waals surface area contributed by atoms with Crippen LogP contribution in [0.3, 0.4) is 0 Å². The second-order valence-electron chi connectivity index (χ2n) is 5.41. The molecular formula is C21H17NO2S. The van der Waals surface area contributed by atoms with Crippen molar-refractivity contribution < 1.29 is 9.59 Å². The van der Waals surface area contributed by atoms with Gasteiger partial charge in [0.1, 0.15) is 0 Å². The SMILES string of the molecule is CC(=O)N(\C=C/C=C/C=C1\Sc2ccccc2C1=O)c1ccccc1. The Bertz CT molecular complexity index is 882. The summed E-state index contributed by atoms with van der Waals surface area (Å²) in [5.74, 6) is -0.00458. The van der Waals surface area contributed by atoms with Gasteiger partial charge in [0, 0.05) is 29.3 Å². The van der Waals surface area contributed by atoms with E-state index in [-0.39, 0.29) is 11.7 Å². The van der Waals surface area contributed by atoms with E-state index < -0.39 is 0 Å². The number of thioether (sulfide) groups is 1. The fourth-order valence-electron chi connectivity index (χ4n) is 2.45. The Morgan fingerprint density at radius 1 is 0.960 bits per heavy atom. The molecule has 0 aliphatic carbocycles. The summed E-state index contributed by atoms with van der Waals surface area (Å²) in [6.07, 6.45) is 8.92. The molecule has 0 spiro atoms. The molecule has 3 nitrogen and oxygen atoms in total. The van der Waals surface area contributed by atoms with Gasteiger partial charge in [0.15, 0.2) is 0 Å². The molecule has 1 aliphatic rings. The topological polar surface area (TPSA) is 37.4 Å². The highest BCUT2D eigenvalue weighted by Gasteiger charge is 2.24. The summed E-state index contributed by atoms with van der Waals surface area (Å²) < 4.78 is 0. The largest absolute Gasteiger partial charge is 0.288 e. The van der Waals surface area contributed by atoms with Crippen molar-refractivity contribution in [3.05, 3.63) is 95.6 Å². The first-order valence-electron chi connectivity index (χ1n) is 7.88. The van der Waals surface area contributed by atoms with E-state index in [1.165, 1.54) is 18.7 Å². The summed E-state index contributed by atoms with van der Waals surface area (Å²) in [5.41, 5.74) is 1.57. The van der Waals surface area contributed by atoms with Gasteiger partial charge >= 0.3 is 0 Å². The molecule has 1 aliphatic heterocycles. The van der Waals surface area contributed by atoms with Crippen LogP contribution in [0.4, 0.5) is 5.69 Å². The Kier molecular flexibility index (Phi) is 5.31. The number of allylic oxidation sites excluding steroid dienone is 5. The minimum Gasteiger partial charge on any atom is -0.288 e. The number of nitrogens with zero attached hydrogens (tertiary/aromatic N) is 1. The molecule has 0 N–H and O–H groups in total. The van der Waals surface area contributed by atoms with Crippen molar-refractivity contribution in [3.63, 3.8) is 0 Å². The zero-order chi connectivity index (χ0) is 17.6. The van der Waals surface area contributed by atoms with Crippen molar-refractivity contribution in [3.8, 4) is 0 Å². The molecule has 0 radical (unpaired) electrons. The fourth-order valence-corrected chi connectivity index (χ4v) is 3.46. The van der Waals surface area contributed by atoms with E-state index in [1.54, 1.807) is 23.3 Å². The summed E-state index contributed by atoms with van der Waals surface area (Å²) in [6, 6.07) is 17.0. The predicted molar refractivity (Wildman–Crippen MR) is 103 cm³/mol. The number of carbonyl (C=O) groups is 2. The van der Waals surface area contributed by atoms with Crippen LogP contribution in [0.25, 0.3) is 0 Å². The Morgan fingerprint density at radius 3 is 2.40 bits per heavy atom. The van der Waals surface area contributed by atoms with Gasteiger partial charge in [-0.1, -0.05) is 54.2 Å². The Balaban J connectivity index is 1.68. The summed E-state index contributed by atoms with van der Waals surface area (Å²) in [7, 11) is 0. The first-order valence-corrected chi connectivity index (χ1v) is 8.70. The third-order valence-corrected chi connectivity index (χ3v) is 4.77. The van der Waals surface area contributed by atoms with Crippen molar-refractivity contribution in [2.24, 2.45) is 0 Å². The average Bonchev–Trinajstić information content (AvgIpc) is 2.95. The van der Waals surface area contributed by atoms with Gasteiger partial charge in [-0.15, -0.1) is 0 Å². The first-order chi connectivity index (χ1) is 12.2. The molecule has 0 atom stereocenters. The number of rotatable bonds is 4. The van der Waals surface area contributed by atoms with Gasteiger partial charge in [-0.05, 0) is 36.4 Å². The average molecular weight is 347 g/mol. The molecule has 2 aromatic rings. The van der Waals surface area contributed by atoms with Crippen LogP contribution in [0.5, 0.6) is 0 Å². The van der Waals surface area contributed by atoms with Crippen molar-refractivity contribution in [2.45, 2.75) is 11.8 Å². The molecule has 0 bridgehead atoms. The minimum atomic E-state index is -0.0637. The number of para-hydroxylation sites is 1. The van der Waals surface area contributed by atoms with Crippen molar-refractivity contribution in [2.75, 3.05) is 4.90 Å². The smallest absolute Gasteiger partial charge is 0.227 e. The standard InChI is InChI=1S/C21H17NO2S/c1-16(23)22(17-10-4-2-5-11-17)15-9-3-6-14-20-21(24)18-12-7-8-13-19(18)25-20/h2-15H,1H3/b6-3+,15-9-,20-14-. The van der Waals surface area contributed by atoms with E-state index in [1.807, 2.05) is 66.7 Å². The molecule has 0 unspecified atom stereocenters. The molecule has 0 saturated carbocycles. The maximum absolute atomic E-state index is 12.2. The third kappa shape index (κ3) is 3.98. The molecule has 25 heavy (non-hydrogen) atoms. The van der Waals surface area contributed by atoms with E-state index in [9.17, 15) is 9.59 Å². The quantitative estimate of drug-likeness (QED) is 0.578. The molecule has 124 valence electrons. The molecule has 3 rings (SSSR count). The maximum atomic E-state index is 12.2. The van der Waals surface area contributed by atoms with E-state index in [2.05, 4.69) is 0 Å². The zero-order valence-corrected chi connectivity index (χ0v) is 14.6. The normalized spacial score (nSPS) is 15.2. The lowest BCUT2D eigenvalue weighted by atomic mass is 10.1. The predicted octanol–water partition coefficient (Wildman–Crippen LogP) is 4.98. The van der Waals surface area contributed by atoms with Crippen molar-refractivity contribution in [1.82, 2.24) is 0 Å². The van der Waals surface area contributed by atoms with E-state index in [4.69, 9.17) is 0 Å². The van der Waals surface area contributed by atoms with Crippen LogP contribution < -0.4 is 4.90 Å². The van der Waals surface area contributed by atoms with Crippen LogP contribution in [0.15, 0.2) is 94.9 Å². The molecule has 2 aromatic carbocycles. The van der Waals surface area contributed by atoms with Crippen molar-refractivity contribution >= 4 is 29.1 Å². The Morgan fingerprint density at radius 2 is 1.68 bits per heavy atom. The summed E-state index contributed by atoms with van der Waals surface area (Å²) in [4.78, 5) is 27.3. The molecule has 4 heteroatoms. The number of benzene rings is 2. The Hall–Kier alpha value is -2.85. The molecule has 1 amide bonds. The lowest BCUT2D eigenvalue weighted by Gasteiger charge is -2.15. The number of ketones is 1. The first kappa shape index (κ1) is 17.0. The number of fused-ring (bicyclic) bond motifs is 1. The van der Waals surface area contributed by atoms with Crippen LogP contribution in [0.2, 0.25) is 0 Å². The van der Waals surface area contributed by atoms with E-state index in [0.29, 0.717) is 4.91 Å². The van der Waals surface area contributed by atoms with E-state index in [0.717, 1.165) is 16.1 Å². The highest BCUT2D eigenvalue weighted by molar-refractivity contribution is 8.04. The highest BCUT2D eigenvalue weighted by atomic mass is 32.2. The lowest BCUT2D eigenvalue weighted by molar-refractivity contribution is -0.116. The molecule has 0 saturated heterocycles. The second kappa shape index (κ2) is 7.81. The van der Waals surface area contributed by atoms with Crippen LogP contribution in [0, 0.1) is 0 Å². The van der Waals surface area contributed by atoms with Crippen LogP contribution >= 0.6 is 11.8 Å². The van der Waals surface area contributed by atoms with Gasteiger partial charge in [-0.3, -0.25) is 14.5 Å². The van der Waals surface area contributed by atoms with Gasteiger partial charge in [-0.25, -0.2) is 0 Å². The van der Waals surface area contributed by atoms with Crippen LogP contribution in [0.1, 0.15) is 17.3 Å². The number of carbonyl (C=O) groups excluding carboxylic acids is 2. The minimum absolute atomic E-state index is 0.0591. The number of amides is 1. The lowest BCUT2D eigenvalue weighted by Crippen LogP contribution is -2.21. The zero-order valence-electron chi connectivity index (χ0n) is 13.8. The molecule has 0 aromatic heterocycles. The summed E-state index contributed by atoms with van der Waals surface area (Å²) in [5, 5.41) is 0. The molecule has 0 fully saturated rings. The Labute approximate surface area is 151 Å². The number of hydrogen-bond acceptors (Lipinski definition) is 3. The van der Waals surface area contributed by atoms with E-state index >= 15 is 0 Å². The second-order valence-corrected chi connectivity index (χ2v) is 6.49. The number of anilines is 1. The molecule has 1 heterocycles. The van der Waals surface area contributed by atoms with Crippen LogP contribution in [-0.4, -0.2) is 11.7 Å². The summed E-state index contributed by atoms with van der Waals surface area (Å²) >= 11 is 1.48. The summed E-state index contributed by atoms with van der Waals surface area (Å²) in [6.45, 7) is 1.52. The van der Waals surface area contributed by atoms with Gasteiger partial charge in [0.2, 0.25) is 11.7 Å². The van der Waals surface area contributed by atoms with Crippen LogP contribution in [-0.2, 0) is 4.79 Å². The van der Waals surface area contributed by atoms with Gasteiger partial charge in [0.05, 0.1) is 4.91 Å². The monoisotopic (exact) mass is 347 g/mol. The fraction of sp³-hybridized carbons (Fsp3) is 0.0476. The number of hydrogen-bond donors (Lipinski definition) is 0. The third-order valence-electron chi connectivity index (χ3n) is 3.65. The number of Topliss-reactive ketones (excluding diaryl/α,β-unsaturated/α-hetero) is 1. The van der Waals surface area contributed by atoms with Gasteiger partial charge in [-0.2, -0.15) is 0 Å². The maximum Gasteiger partial charge on any atom is 0.227 e. The van der Waals surface area contributed by atoms with Gasteiger partial charge in [0.25, 0.3) is 0 Å². The highest BCUT2D eigenvalue weighted by Crippen LogP contribution is 2.39. The molecular weight excluding hydrogens is 330 g/mol.